The smallest absolute Gasteiger partial charge is 0.122 e. The number of rotatable bonds is 5. The minimum atomic E-state index is -1.05. The summed E-state index contributed by atoms with van der Waals surface area (Å²) in [4.78, 5) is 0. The normalized spacial score (nSPS) is 11.8. The molecule has 1 aromatic heterocycles. The molecule has 0 bridgehead atoms. The standard InChI is InChI=1S/C15H19BrN2OSi/c1-20(2,3)7-6-19-11-18-10-12(9-17)14-8-13(16)4-5-15(14)18/h4-5,8,10H,6-7,11H2,1-3H3. The van der Waals surface area contributed by atoms with Crippen LogP contribution in [0.2, 0.25) is 25.7 Å². The lowest BCUT2D eigenvalue weighted by atomic mass is 10.2. The lowest BCUT2D eigenvalue weighted by molar-refractivity contribution is 0.0902. The van der Waals surface area contributed by atoms with E-state index in [9.17, 15) is 5.26 Å². The third-order valence-electron chi connectivity index (χ3n) is 3.19. The molecule has 0 amide bonds. The molecule has 0 fully saturated rings. The van der Waals surface area contributed by atoms with Gasteiger partial charge in [-0.1, -0.05) is 35.6 Å². The number of nitriles is 1. The van der Waals surface area contributed by atoms with Gasteiger partial charge in [0.05, 0.1) is 11.1 Å². The number of benzene rings is 1. The molecule has 0 saturated carbocycles. The van der Waals surface area contributed by atoms with Crippen molar-refractivity contribution in [2.45, 2.75) is 32.4 Å². The third kappa shape index (κ3) is 3.72. The molecule has 2 aromatic rings. The highest BCUT2D eigenvalue weighted by atomic mass is 79.9. The first-order valence-corrected chi connectivity index (χ1v) is 11.2. The van der Waals surface area contributed by atoms with Gasteiger partial charge in [0.25, 0.3) is 0 Å². The molecule has 1 aromatic carbocycles. The van der Waals surface area contributed by atoms with Crippen molar-refractivity contribution in [2.75, 3.05) is 6.61 Å². The fourth-order valence-electron chi connectivity index (χ4n) is 2.01. The molecule has 20 heavy (non-hydrogen) atoms. The Morgan fingerprint density at radius 1 is 1.35 bits per heavy atom. The molecule has 2 rings (SSSR count). The topological polar surface area (TPSA) is 38.0 Å². The van der Waals surface area contributed by atoms with E-state index in [1.54, 1.807) is 0 Å². The van der Waals surface area contributed by atoms with Crippen LogP contribution in [-0.4, -0.2) is 19.2 Å². The van der Waals surface area contributed by atoms with E-state index in [0.717, 1.165) is 28.0 Å². The van der Waals surface area contributed by atoms with Crippen molar-refractivity contribution in [3.8, 4) is 6.07 Å². The van der Waals surface area contributed by atoms with Crippen LogP contribution in [0.15, 0.2) is 28.9 Å². The predicted octanol–water partition coefficient (Wildman–Crippen LogP) is 4.59. The van der Waals surface area contributed by atoms with E-state index in [1.807, 2.05) is 29.0 Å². The van der Waals surface area contributed by atoms with Crippen LogP contribution < -0.4 is 0 Å². The van der Waals surface area contributed by atoms with Crippen LogP contribution in [-0.2, 0) is 11.5 Å². The molecule has 0 radical (unpaired) electrons. The van der Waals surface area contributed by atoms with Gasteiger partial charge >= 0.3 is 0 Å². The summed E-state index contributed by atoms with van der Waals surface area (Å²) in [6.07, 6.45) is 1.87. The zero-order valence-corrected chi connectivity index (χ0v) is 14.7. The zero-order chi connectivity index (χ0) is 14.8. The van der Waals surface area contributed by atoms with Gasteiger partial charge in [0.1, 0.15) is 12.8 Å². The van der Waals surface area contributed by atoms with Crippen molar-refractivity contribution < 1.29 is 4.74 Å². The maximum absolute atomic E-state index is 9.20. The van der Waals surface area contributed by atoms with Gasteiger partial charge in [0, 0.05) is 30.7 Å². The highest BCUT2D eigenvalue weighted by Gasteiger charge is 2.13. The van der Waals surface area contributed by atoms with E-state index in [2.05, 4.69) is 41.6 Å². The van der Waals surface area contributed by atoms with Crippen LogP contribution in [0.1, 0.15) is 5.56 Å². The van der Waals surface area contributed by atoms with E-state index < -0.39 is 8.07 Å². The second-order valence-electron chi connectivity index (χ2n) is 6.13. The Labute approximate surface area is 129 Å². The van der Waals surface area contributed by atoms with E-state index in [-0.39, 0.29) is 0 Å². The number of hydrogen-bond donors (Lipinski definition) is 0. The van der Waals surface area contributed by atoms with Gasteiger partial charge in [-0.3, -0.25) is 0 Å². The number of fused-ring (bicyclic) bond motifs is 1. The Kier molecular flexibility index (Phi) is 4.69. The zero-order valence-electron chi connectivity index (χ0n) is 12.1. The maximum Gasteiger partial charge on any atom is 0.122 e. The van der Waals surface area contributed by atoms with Gasteiger partial charge in [-0.05, 0) is 24.2 Å². The molecular formula is C15H19BrN2OSi. The highest BCUT2D eigenvalue weighted by Crippen LogP contribution is 2.24. The van der Waals surface area contributed by atoms with Crippen LogP contribution in [0.4, 0.5) is 0 Å². The molecule has 0 atom stereocenters. The van der Waals surface area contributed by atoms with E-state index in [1.165, 1.54) is 0 Å². The molecule has 0 aliphatic heterocycles. The minimum absolute atomic E-state index is 0.504. The first-order chi connectivity index (χ1) is 9.40. The summed E-state index contributed by atoms with van der Waals surface area (Å²) in [5.41, 5.74) is 1.73. The molecule has 0 aliphatic carbocycles. The van der Waals surface area contributed by atoms with E-state index >= 15 is 0 Å². The van der Waals surface area contributed by atoms with E-state index in [4.69, 9.17) is 4.74 Å². The van der Waals surface area contributed by atoms with Gasteiger partial charge in [0.15, 0.2) is 0 Å². The molecule has 0 aliphatic rings. The number of ether oxygens (including phenoxy) is 1. The highest BCUT2D eigenvalue weighted by molar-refractivity contribution is 9.10. The first-order valence-electron chi connectivity index (χ1n) is 6.67. The molecule has 0 saturated heterocycles. The van der Waals surface area contributed by atoms with Crippen LogP contribution in [0.25, 0.3) is 10.9 Å². The summed E-state index contributed by atoms with van der Waals surface area (Å²) in [6.45, 7) is 8.31. The Morgan fingerprint density at radius 2 is 2.10 bits per heavy atom. The Morgan fingerprint density at radius 3 is 2.75 bits per heavy atom. The lowest BCUT2D eigenvalue weighted by Gasteiger charge is -2.15. The van der Waals surface area contributed by atoms with Crippen molar-refractivity contribution in [1.29, 1.82) is 5.26 Å². The van der Waals surface area contributed by atoms with Crippen molar-refractivity contribution in [3.05, 3.63) is 34.4 Å². The Bertz CT molecular complexity index is 652. The number of hydrogen-bond acceptors (Lipinski definition) is 2. The fourth-order valence-corrected chi connectivity index (χ4v) is 3.12. The second kappa shape index (κ2) is 6.13. The van der Waals surface area contributed by atoms with Gasteiger partial charge in [-0.25, -0.2) is 0 Å². The predicted molar refractivity (Wildman–Crippen MR) is 88.5 cm³/mol. The average Bonchev–Trinajstić information content (AvgIpc) is 2.71. The number of aromatic nitrogens is 1. The van der Waals surface area contributed by atoms with Crippen molar-refractivity contribution >= 4 is 34.9 Å². The monoisotopic (exact) mass is 350 g/mol. The van der Waals surface area contributed by atoms with Gasteiger partial charge < -0.3 is 9.30 Å². The number of halogens is 1. The van der Waals surface area contributed by atoms with Crippen LogP contribution in [0.3, 0.4) is 0 Å². The van der Waals surface area contributed by atoms with Crippen molar-refractivity contribution in [2.24, 2.45) is 0 Å². The number of nitrogens with zero attached hydrogens (tertiary/aromatic N) is 2. The van der Waals surface area contributed by atoms with Crippen LogP contribution >= 0.6 is 15.9 Å². The fraction of sp³-hybridized carbons (Fsp3) is 0.400. The van der Waals surface area contributed by atoms with Gasteiger partial charge in [-0.2, -0.15) is 5.26 Å². The van der Waals surface area contributed by atoms with Gasteiger partial charge in [-0.15, -0.1) is 0 Å². The summed E-state index contributed by atoms with van der Waals surface area (Å²) in [7, 11) is -1.05. The summed E-state index contributed by atoms with van der Waals surface area (Å²) >= 11 is 3.45. The SMILES string of the molecule is C[Si](C)(C)CCOCn1cc(C#N)c2cc(Br)ccc21. The molecule has 3 nitrogen and oxygen atoms in total. The summed E-state index contributed by atoms with van der Waals surface area (Å²) in [6, 6.07) is 9.38. The van der Waals surface area contributed by atoms with E-state index in [0.29, 0.717) is 12.3 Å². The quantitative estimate of drug-likeness (QED) is 0.584. The Balaban J connectivity index is 2.13. The summed E-state index contributed by atoms with van der Waals surface area (Å²) in [5.74, 6) is 0. The first kappa shape index (κ1) is 15.3. The lowest BCUT2D eigenvalue weighted by Crippen LogP contribution is -2.21. The molecule has 1 heterocycles. The molecule has 0 spiro atoms. The second-order valence-corrected chi connectivity index (χ2v) is 12.7. The molecular weight excluding hydrogens is 332 g/mol. The average molecular weight is 351 g/mol. The van der Waals surface area contributed by atoms with Crippen molar-refractivity contribution in [3.63, 3.8) is 0 Å². The maximum atomic E-state index is 9.20. The molecule has 106 valence electrons. The molecule has 5 heteroatoms. The molecule has 0 unspecified atom stereocenters. The third-order valence-corrected chi connectivity index (χ3v) is 5.39. The Hall–Kier alpha value is -1.09. The van der Waals surface area contributed by atoms with Gasteiger partial charge in [0.2, 0.25) is 0 Å². The summed E-state index contributed by atoms with van der Waals surface area (Å²) in [5, 5.41) is 10.2. The minimum Gasteiger partial charge on any atom is -0.361 e. The van der Waals surface area contributed by atoms with Crippen LogP contribution in [0.5, 0.6) is 0 Å². The van der Waals surface area contributed by atoms with Crippen LogP contribution in [0, 0.1) is 11.3 Å². The molecule has 0 N–H and O–H groups in total. The van der Waals surface area contributed by atoms with Crippen molar-refractivity contribution in [1.82, 2.24) is 4.57 Å². The largest absolute Gasteiger partial charge is 0.361 e. The summed E-state index contributed by atoms with van der Waals surface area (Å²) < 4.78 is 8.76.